The van der Waals surface area contributed by atoms with E-state index in [1.807, 2.05) is 33.8 Å². The van der Waals surface area contributed by atoms with Gasteiger partial charge in [-0.25, -0.2) is 4.98 Å². The summed E-state index contributed by atoms with van der Waals surface area (Å²) in [5, 5.41) is 13.2. The van der Waals surface area contributed by atoms with Gasteiger partial charge in [0, 0.05) is 38.0 Å². The zero-order valence-corrected chi connectivity index (χ0v) is 27.3. The first-order valence-electron chi connectivity index (χ1n) is 14.2. The Morgan fingerprint density at radius 3 is 2.15 bits per heavy atom. The van der Waals surface area contributed by atoms with Crippen molar-refractivity contribution in [1.29, 1.82) is 0 Å². The van der Waals surface area contributed by atoms with Gasteiger partial charge in [-0.05, 0) is 53.8 Å². The summed E-state index contributed by atoms with van der Waals surface area (Å²) in [4.78, 5) is 20.8. The number of allylic oxidation sites excluding steroid dienone is 2. The van der Waals surface area contributed by atoms with E-state index in [4.69, 9.17) is 0 Å². The zero-order chi connectivity index (χ0) is 28.6. The minimum atomic E-state index is 0. The molecule has 0 aliphatic heterocycles. The molecule has 0 amide bonds. The molecule has 0 saturated carbocycles. The summed E-state index contributed by atoms with van der Waals surface area (Å²) in [5.41, 5.74) is 4.33. The minimum absolute atomic E-state index is 0. The van der Waals surface area contributed by atoms with E-state index in [0.29, 0.717) is 0 Å². The maximum Gasteiger partial charge on any atom is 0.162 e. The van der Waals surface area contributed by atoms with Gasteiger partial charge in [-0.2, -0.15) is 0 Å². The van der Waals surface area contributed by atoms with Gasteiger partial charge < -0.3 is 5.11 Å². The van der Waals surface area contributed by atoms with E-state index in [1.165, 1.54) is 22.4 Å². The predicted octanol–water partition coefficient (Wildman–Crippen LogP) is 10.1. The first-order chi connectivity index (χ1) is 18.6. The summed E-state index contributed by atoms with van der Waals surface area (Å²) in [5.74, 6) is 0.547. The second-order valence-corrected chi connectivity index (χ2v) is 11.1. The van der Waals surface area contributed by atoms with Crippen LogP contribution in [0.3, 0.4) is 0 Å². The van der Waals surface area contributed by atoms with Crippen molar-refractivity contribution in [3.63, 3.8) is 0 Å². The average molecular weight is 732 g/mol. The van der Waals surface area contributed by atoms with E-state index >= 15 is 0 Å². The number of benzene rings is 3. The third-order valence-electron chi connectivity index (χ3n) is 7.54. The van der Waals surface area contributed by atoms with Crippen LogP contribution >= 0.6 is 0 Å². The summed E-state index contributed by atoms with van der Waals surface area (Å²) in [7, 11) is 0. The van der Waals surface area contributed by atoms with Crippen LogP contribution in [0, 0.1) is 17.9 Å². The number of carbonyl (C=O) groups is 1. The van der Waals surface area contributed by atoms with E-state index in [0.717, 1.165) is 47.8 Å². The first kappa shape index (κ1) is 36.1. The Balaban J connectivity index is 0.000000436. The van der Waals surface area contributed by atoms with Crippen molar-refractivity contribution in [3.8, 4) is 11.3 Å². The summed E-state index contributed by atoms with van der Waals surface area (Å²) in [6.45, 7) is 14.7. The summed E-state index contributed by atoms with van der Waals surface area (Å²) in [6, 6.07) is 22.3. The van der Waals surface area contributed by atoms with Crippen molar-refractivity contribution >= 4 is 27.5 Å². The Bertz CT molecular complexity index is 1430. The Kier molecular flexibility index (Phi) is 14.6. The monoisotopic (exact) mass is 732 g/mol. The SMILES string of the molecule is C.CC(C)(C)c1ccc2c(-c3[c-]ccc4ccccc34)ncnc2c1.CCC(CC)C(=O)C=C(O)C(CC)CC.[Ir]. The normalized spacial score (nSPS) is 11.6. The topological polar surface area (TPSA) is 63.1 Å². The largest absolute Gasteiger partial charge is 0.512 e. The molecule has 1 N–H and O–H groups in total. The Hall–Kier alpha value is -2.88. The van der Waals surface area contributed by atoms with Crippen LogP contribution in [-0.2, 0) is 30.3 Å². The number of aromatic nitrogens is 2. The van der Waals surface area contributed by atoms with Gasteiger partial charge in [-0.1, -0.05) is 97.7 Å². The third-order valence-corrected chi connectivity index (χ3v) is 7.54. The van der Waals surface area contributed by atoms with Crippen LogP contribution in [0.5, 0.6) is 0 Å². The van der Waals surface area contributed by atoms with Crippen molar-refractivity contribution in [1.82, 2.24) is 9.97 Å². The van der Waals surface area contributed by atoms with Crippen molar-refractivity contribution in [2.24, 2.45) is 11.8 Å². The van der Waals surface area contributed by atoms with Gasteiger partial charge >= 0.3 is 0 Å². The van der Waals surface area contributed by atoms with E-state index in [2.05, 4.69) is 85.3 Å². The van der Waals surface area contributed by atoms with Crippen LogP contribution in [0.2, 0.25) is 0 Å². The molecule has 223 valence electrons. The number of hydrogen-bond acceptors (Lipinski definition) is 4. The number of rotatable bonds is 8. The zero-order valence-electron chi connectivity index (χ0n) is 24.9. The maximum atomic E-state index is 11.7. The van der Waals surface area contributed by atoms with Gasteiger partial charge in [-0.15, -0.1) is 29.1 Å². The van der Waals surface area contributed by atoms with Gasteiger partial charge in [0.2, 0.25) is 0 Å². The summed E-state index contributed by atoms with van der Waals surface area (Å²) >= 11 is 0. The number of carbonyl (C=O) groups excluding carboxylic acids is 1. The Morgan fingerprint density at radius 2 is 1.54 bits per heavy atom. The van der Waals surface area contributed by atoms with Crippen LogP contribution in [0.4, 0.5) is 0 Å². The van der Waals surface area contributed by atoms with Gasteiger partial charge in [0.1, 0.15) is 6.33 Å². The molecule has 0 bridgehead atoms. The molecular weight excluding hydrogens is 685 g/mol. The minimum Gasteiger partial charge on any atom is -0.512 e. The molecule has 0 atom stereocenters. The molecule has 4 rings (SSSR count). The first-order valence-corrected chi connectivity index (χ1v) is 14.2. The van der Waals surface area contributed by atoms with E-state index in [-0.39, 0.29) is 56.3 Å². The summed E-state index contributed by atoms with van der Waals surface area (Å²) < 4.78 is 0. The molecule has 0 unspecified atom stereocenters. The second-order valence-electron chi connectivity index (χ2n) is 11.1. The van der Waals surface area contributed by atoms with Crippen LogP contribution in [0.25, 0.3) is 32.9 Å². The van der Waals surface area contributed by atoms with Crippen molar-refractivity contribution in [3.05, 3.63) is 84.4 Å². The molecule has 0 fully saturated rings. The molecule has 3 aromatic carbocycles. The van der Waals surface area contributed by atoms with Crippen LogP contribution in [0.15, 0.2) is 72.8 Å². The van der Waals surface area contributed by atoms with Crippen molar-refractivity contribution in [2.75, 3.05) is 0 Å². The smallest absolute Gasteiger partial charge is 0.162 e. The number of fused-ring (bicyclic) bond motifs is 2. The molecule has 0 aliphatic rings. The maximum absolute atomic E-state index is 11.7. The number of hydrogen-bond donors (Lipinski definition) is 1. The van der Waals surface area contributed by atoms with Gasteiger partial charge in [0.15, 0.2) is 5.78 Å². The molecule has 0 aliphatic carbocycles. The molecule has 1 radical (unpaired) electrons. The molecule has 0 saturated heterocycles. The predicted molar refractivity (Wildman–Crippen MR) is 171 cm³/mol. The standard InChI is InChI=1S/C22H19N2.C13H24O2.CH4.Ir/c1-22(2,3)16-11-12-19-20(13-16)23-14-24-21(19)18-10-6-8-15-7-4-5-9-17(15)18;1-5-10(6-2)12(14)9-13(15)11(7-3)8-4;;/h4-9,11-14H,1-3H3;9-11,14H,5-8H2,1-4H3;1H4;/q-1;;;. The van der Waals surface area contributed by atoms with Crippen LogP contribution < -0.4 is 0 Å². The van der Waals surface area contributed by atoms with Gasteiger partial charge in [0.05, 0.1) is 11.3 Å². The Labute approximate surface area is 261 Å². The quantitative estimate of drug-likeness (QED) is 0.111. The van der Waals surface area contributed by atoms with Crippen LogP contribution in [-0.4, -0.2) is 20.9 Å². The average Bonchev–Trinajstić information content (AvgIpc) is 2.93. The molecular formula is C36H47IrN2O2-. The van der Waals surface area contributed by atoms with Gasteiger partial charge in [-0.3, -0.25) is 9.78 Å². The van der Waals surface area contributed by atoms with E-state index in [1.54, 1.807) is 6.33 Å². The fourth-order valence-electron chi connectivity index (χ4n) is 4.86. The van der Waals surface area contributed by atoms with Crippen molar-refractivity contribution in [2.45, 2.75) is 87.0 Å². The molecule has 1 aromatic heterocycles. The fourth-order valence-corrected chi connectivity index (χ4v) is 4.86. The molecule has 0 spiro atoms. The van der Waals surface area contributed by atoms with Crippen molar-refractivity contribution < 1.29 is 30.0 Å². The summed E-state index contributed by atoms with van der Waals surface area (Å²) in [6.07, 6.45) is 6.56. The number of aliphatic hydroxyl groups excluding tert-OH is 1. The third kappa shape index (κ3) is 9.05. The van der Waals surface area contributed by atoms with Gasteiger partial charge in [0.25, 0.3) is 0 Å². The number of ketones is 1. The van der Waals surface area contributed by atoms with E-state index < -0.39 is 0 Å². The van der Waals surface area contributed by atoms with E-state index in [9.17, 15) is 9.90 Å². The second kappa shape index (κ2) is 16.5. The molecule has 1 heterocycles. The molecule has 4 aromatic rings. The molecule has 4 nitrogen and oxygen atoms in total. The number of aliphatic hydroxyl groups is 1. The number of nitrogens with zero attached hydrogens (tertiary/aromatic N) is 2. The Morgan fingerprint density at radius 1 is 0.902 bits per heavy atom. The van der Waals surface area contributed by atoms with Crippen LogP contribution in [0.1, 0.15) is 87.1 Å². The fraction of sp³-hybridized carbons (Fsp3) is 0.417. The molecule has 5 heteroatoms. The molecule has 41 heavy (non-hydrogen) atoms.